The summed E-state index contributed by atoms with van der Waals surface area (Å²) in [6.45, 7) is 1.53. The fourth-order valence-electron chi connectivity index (χ4n) is 2.20. The second-order valence-electron chi connectivity index (χ2n) is 4.96. The topological polar surface area (TPSA) is 39.9 Å². The van der Waals surface area contributed by atoms with Gasteiger partial charge in [0.1, 0.15) is 11.8 Å². The van der Waals surface area contributed by atoms with E-state index in [1.807, 2.05) is 6.07 Å². The Morgan fingerprint density at radius 3 is 2.67 bits per heavy atom. The van der Waals surface area contributed by atoms with Crippen LogP contribution >= 0.6 is 0 Å². The van der Waals surface area contributed by atoms with Gasteiger partial charge in [0.25, 0.3) is 0 Å². The zero-order valence-corrected chi connectivity index (χ0v) is 11.6. The van der Waals surface area contributed by atoms with Crippen LogP contribution < -0.4 is 4.90 Å². The Hall–Kier alpha value is -2.29. The van der Waals surface area contributed by atoms with Gasteiger partial charge in [-0.3, -0.25) is 0 Å². The summed E-state index contributed by atoms with van der Waals surface area (Å²) < 4.78 is 37.4. The van der Waals surface area contributed by atoms with Crippen molar-refractivity contribution in [2.75, 3.05) is 11.9 Å². The Morgan fingerprint density at radius 1 is 1.33 bits per heavy atom. The van der Waals surface area contributed by atoms with Gasteiger partial charge in [0.05, 0.1) is 6.42 Å². The lowest BCUT2D eigenvalue weighted by molar-refractivity contribution is -0.137. The zero-order chi connectivity index (χ0) is 15.6. The fourth-order valence-corrected chi connectivity index (χ4v) is 2.20. The van der Waals surface area contributed by atoms with Crippen LogP contribution in [0.4, 0.5) is 18.9 Å². The molecule has 21 heavy (non-hydrogen) atoms. The molecule has 0 amide bonds. The van der Waals surface area contributed by atoms with Crippen molar-refractivity contribution in [3.8, 4) is 6.07 Å². The van der Waals surface area contributed by atoms with E-state index in [4.69, 9.17) is 5.26 Å². The number of hydrogen-bond acceptors (Lipinski definition) is 3. The van der Waals surface area contributed by atoms with Gasteiger partial charge in [-0.2, -0.15) is 18.4 Å². The Labute approximate surface area is 120 Å². The van der Waals surface area contributed by atoms with Crippen molar-refractivity contribution in [2.45, 2.75) is 25.6 Å². The van der Waals surface area contributed by atoms with E-state index in [-0.39, 0.29) is 0 Å². The summed E-state index contributed by atoms with van der Waals surface area (Å²) in [6.07, 6.45) is -3.55. The van der Waals surface area contributed by atoms with Gasteiger partial charge in [-0.25, -0.2) is 4.98 Å². The molecule has 3 nitrogen and oxygen atoms in total. The standard InChI is InChI=1S/C15H14F3N3/c1-10(8-15(16,17)18)21(2)12-3-4-13-11(7-12)5-6-20-14(13)9-19/h3-7,10H,8H2,1-2H3/t10-/m1/s1. The van der Waals surface area contributed by atoms with Gasteiger partial charge < -0.3 is 4.90 Å². The van der Waals surface area contributed by atoms with Crippen LogP contribution in [0.2, 0.25) is 0 Å². The number of halogens is 3. The van der Waals surface area contributed by atoms with E-state index >= 15 is 0 Å². The first-order chi connectivity index (χ1) is 9.81. The first-order valence-corrected chi connectivity index (χ1v) is 6.40. The monoisotopic (exact) mass is 293 g/mol. The number of anilines is 1. The molecule has 0 aliphatic rings. The van der Waals surface area contributed by atoms with Gasteiger partial charge in [-0.1, -0.05) is 0 Å². The highest BCUT2D eigenvalue weighted by atomic mass is 19.4. The number of rotatable bonds is 3. The summed E-state index contributed by atoms with van der Waals surface area (Å²) in [6, 6.07) is 8.26. The van der Waals surface area contributed by atoms with Crippen LogP contribution in [0.5, 0.6) is 0 Å². The minimum atomic E-state index is -4.19. The molecule has 0 aliphatic heterocycles. The van der Waals surface area contributed by atoms with E-state index in [0.29, 0.717) is 16.8 Å². The molecule has 2 rings (SSSR count). The molecule has 0 fully saturated rings. The molecule has 0 unspecified atom stereocenters. The summed E-state index contributed by atoms with van der Waals surface area (Å²) in [7, 11) is 1.63. The van der Waals surface area contributed by atoms with E-state index in [2.05, 4.69) is 4.98 Å². The second kappa shape index (κ2) is 5.60. The van der Waals surface area contributed by atoms with Crippen molar-refractivity contribution >= 4 is 16.5 Å². The Balaban J connectivity index is 2.33. The predicted molar refractivity (Wildman–Crippen MR) is 75.0 cm³/mol. The maximum absolute atomic E-state index is 12.5. The number of pyridine rings is 1. The quantitative estimate of drug-likeness (QED) is 0.862. The van der Waals surface area contributed by atoms with Crippen LogP contribution in [-0.4, -0.2) is 24.2 Å². The van der Waals surface area contributed by atoms with Gasteiger partial charge in [0.15, 0.2) is 0 Å². The summed E-state index contributed by atoms with van der Waals surface area (Å²) >= 11 is 0. The van der Waals surface area contributed by atoms with Gasteiger partial charge in [-0.05, 0) is 36.6 Å². The Bertz CT molecular complexity index is 689. The molecule has 0 saturated carbocycles. The lowest BCUT2D eigenvalue weighted by Crippen LogP contribution is -2.33. The largest absolute Gasteiger partial charge is 0.391 e. The summed E-state index contributed by atoms with van der Waals surface area (Å²) in [4.78, 5) is 5.54. The van der Waals surface area contributed by atoms with Crippen molar-refractivity contribution in [1.82, 2.24) is 4.98 Å². The fraction of sp³-hybridized carbons (Fsp3) is 0.333. The number of hydrogen-bond donors (Lipinski definition) is 0. The molecule has 1 aromatic heterocycles. The minimum Gasteiger partial charge on any atom is -0.372 e. The van der Waals surface area contributed by atoms with E-state index < -0.39 is 18.6 Å². The summed E-state index contributed by atoms with van der Waals surface area (Å²) in [5, 5.41) is 10.5. The minimum absolute atomic E-state index is 0.310. The third-order valence-electron chi connectivity index (χ3n) is 3.45. The molecule has 0 radical (unpaired) electrons. The Morgan fingerprint density at radius 2 is 2.05 bits per heavy atom. The number of nitrogens with zero attached hydrogens (tertiary/aromatic N) is 3. The second-order valence-corrected chi connectivity index (χ2v) is 4.96. The van der Waals surface area contributed by atoms with Crippen LogP contribution in [-0.2, 0) is 0 Å². The first kappa shape index (κ1) is 15.1. The maximum atomic E-state index is 12.5. The average molecular weight is 293 g/mol. The lowest BCUT2D eigenvalue weighted by Gasteiger charge is -2.28. The number of nitriles is 1. The molecule has 1 aromatic carbocycles. The predicted octanol–water partition coefficient (Wildman–Crippen LogP) is 3.88. The third-order valence-corrected chi connectivity index (χ3v) is 3.45. The average Bonchev–Trinajstić information content (AvgIpc) is 2.43. The third kappa shape index (κ3) is 3.43. The van der Waals surface area contributed by atoms with E-state index in [9.17, 15) is 13.2 Å². The van der Waals surface area contributed by atoms with E-state index in [1.165, 1.54) is 13.1 Å². The molecule has 1 atom stereocenters. The van der Waals surface area contributed by atoms with Crippen LogP contribution in [0, 0.1) is 11.3 Å². The summed E-state index contributed by atoms with van der Waals surface area (Å²) in [5.74, 6) is 0. The molecule has 0 N–H and O–H groups in total. The van der Waals surface area contributed by atoms with E-state index in [0.717, 1.165) is 5.39 Å². The molecule has 1 heterocycles. The maximum Gasteiger partial charge on any atom is 0.391 e. The zero-order valence-electron chi connectivity index (χ0n) is 11.6. The summed E-state index contributed by atoms with van der Waals surface area (Å²) in [5.41, 5.74) is 0.986. The van der Waals surface area contributed by atoms with Crippen molar-refractivity contribution < 1.29 is 13.2 Å². The van der Waals surface area contributed by atoms with Gasteiger partial charge >= 0.3 is 6.18 Å². The molecule has 0 bridgehead atoms. The normalized spacial score (nSPS) is 13.0. The van der Waals surface area contributed by atoms with Gasteiger partial charge in [-0.15, -0.1) is 0 Å². The molecule has 2 aromatic rings. The van der Waals surface area contributed by atoms with Crippen LogP contribution in [0.25, 0.3) is 10.8 Å². The van der Waals surface area contributed by atoms with Crippen molar-refractivity contribution in [2.24, 2.45) is 0 Å². The van der Waals surface area contributed by atoms with Crippen molar-refractivity contribution in [1.29, 1.82) is 5.26 Å². The van der Waals surface area contributed by atoms with Gasteiger partial charge in [0.2, 0.25) is 0 Å². The van der Waals surface area contributed by atoms with Crippen molar-refractivity contribution in [3.63, 3.8) is 0 Å². The smallest absolute Gasteiger partial charge is 0.372 e. The number of fused-ring (bicyclic) bond motifs is 1. The van der Waals surface area contributed by atoms with E-state index in [1.54, 1.807) is 36.2 Å². The highest BCUT2D eigenvalue weighted by Crippen LogP contribution is 2.28. The highest BCUT2D eigenvalue weighted by Gasteiger charge is 2.31. The van der Waals surface area contributed by atoms with Crippen LogP contribution in [0.1, 0.15) is 19.0 Å². The molecule has 0 aliphatic carbocycles. The molecule has 6 heteroatoms. The molecule has 0 spiro atoms. The molecular weight excluding hydrogens is 279 g/mol. The number of alkyl halides is 3. The number of aromatic nitrogens is 1. The Kier molecular flexibility index (Phi) is 4.03. The van der Waals surface area contributed by atoms with Gasteiger partial charge in [0, 0.05) is 30.4 Å². The molecular formula is C15H14F3N3. The molecule has 0 saturated heterocycles. The lowest BCUT2D eigenvalue weighted by atomic mass is 10.1. The SMILES string of the molecule is C[C@H](CC(F)(F)F)N(C)c1ccc2c(C#N)nccc2c1. The number of benzene rings is 1. The van der Waals surface area contributed by atoms with Crippen LogP contribution in [0.15, 0.2) is 30.5 Å². The molecule has 110 valence electrons. The first-order valence-electron chi connectivity index (χ1n) is 6.40. The van der Waals surface area contributed by atoms with Crippen molar-refractivity contribution in [3.05, 3.63) is 36.2 Å². The van der Waals surface area contributed by atoms with Crippen LogP contribution in [0.3, 0.4) is 0 Å². The highest BCUT2D eigenvalue weighted by molar-refractivity contribution is 5.89.